The van der Waals surface area contributed by atoms with Gasteiger partial charge in [0.15, 0.2) is 0 Å². The van der Waals surface area contributed by atoms with Crippen LogP contribution in [0.4, 0.5) is 0 Å². The average molecular weight is 156 g/mol. The molecule has 0 heterocycles. The number of hydrogen-bond donors (Lipinski definition) is 1. The maximum atomic E-state index is 4.17. The van der Waals surface area contributed by atoms with Crippen LogP contribution in [0.15, 0.2) is 36.3 Å². The molecule has 1 aliphatic rings. The van der Waals surface area contributed by atoms with Gasteiger partial charge >= 0.3 is 0 Å². The van der Waals surface area contributed by atoms with Crippen molar-refractivity contribution in [2.75, 3.05) is 0 Å². The highest BCUT2D eigenvalue weighted by atomic mass is 32.1. The van der Waals surface area contributed by atoms with Gasteiger partial charge in [0.25, 0.3) is 0 Å². The Morgan fingerprint density at radius 1 is 1.40 bits per heavy atom. The lowest BCUT2D eigenvalue weighted by Gasteiger charge is -1.97. The van der Waals surface area contributed by atoms with Crippen molar-refractivity contribution < 1.29 is 0 Å². The maximum Gasteiger partial charge on any atom is -0.0181 e. The lowest BCUT2D eigenvalue weighted by Crippen LogP contribution is -1.75. The Kier molecular flexibility index (Phi) is 10.5. The van der Waals surface area contributed by atoms with Crippen LogP contribution in [0.25, 0.3) is 0 Å². The van der Waals surface area contributed by atoms with Crippen LogP contribution in [0.1, 0.15) is 20.3 Å². The molecule has 1 heteroatoms. The quantitative estimate of drug-likeness (QED) is 0.402. The molecule has 0 spiro atoms. The number of thiol groups is 1. The molecule has 0 N–H and O–H groups in total. The first kappa shape index (κ1) is 12.3. The summed E-state index contributed by atoms with van der Waals surface area (Å²) < 4.78 is 0. The van der Waals surface area contributed by atoms with Crippen LogP contribution in [0, 0.1) is 0 Å². The van der Waals surface area contributed by atoms with E-state index < -0.39 is 0 Å². The molecule has 0 nitrogen and oxygen atoms in total. The Balaban J connectivity index is 0. The van der Waals surface area contributed by atoms with E-state index in [-0.39, 0.29) is 7.43 Å². The molecule has 0 saturated heterocycles. The summed E-state index contributed by atoms with van der Waals surface area (Å²) in [4.78, 5) is 1.20. The summed E-state index contributed by atoms with van der Waals surface area (Å²) in [6.45, 7) is 6.00. The second-order valence-corrected chi connectivity index (χ2v) is 2.20. The van der Waals surface area contributed by atoms with E-state index in [4.69, 9.17) is 0 Å². The zero-order chi connectivity index (χ0) is 7.11. The molecule has 0 bridgehead atoms. The molecule has 0 aromatic heterocycles. The summed E-state index contributed by atoms with van der Waals surface area (Å²) in [7, 11) is 0. The van der Waals surface area contributed by atoms with Gasteiger partial charge in [0.05, 0.1) is 0 Å². The molecule has 10 heavy (non-hydrogen) atoms. The fourth-order valence-electron chi connectivity index (χ4n) is 0.590. The second kappa shape index (κ2) is 8.57. The van der Waals surface area contributed by atoms with Gasteiger partial charge in [-0.1, -0.05) is 25.7 Å². The third-order valence-electron chi connectivity index (χ3n) is 0.992. The standard InChI is InChI=1S/C6H8S.C2H4.CH4/c7-6-4-2-1-3-5-6;1-2;/h1-2,4,7H,3,5H2;1-2H2;1H4. The topological polar surface area (TPSA) is 0 Å². The highest BCUT2D eigenvalue weighted by Gasteiger charge is 1.89. The van der Waals surface area contributed by atoms with E-state index in [1.54, 1.807) is 0 Å². The molecular formula is C9H16S. The highest BCUT2D eigenvalue weighted by molar-refractivity contribution is 7.84. The summed E-state index contributed by atoms with van der Waals surface area (Å²) >= 11 is 4.17. The molecule has 0 fully saturated rings. The first-order valence-electron chi connectivity index (χ1n) is 2.94. The smallest absolute Gasteiger partial charge is 0.0181 e. The van der Waals surface area contributed by atoms with Gasteiger partial charge in [-0.25, -0.2) is 0 Å². The predicted octanol–water partition coefficient (Wildman–Crippen LogP) is 3.59. The van der Waals surface area contributed by atoms with E-state index in [1.165, 1.54) is 4.91 Å². The van der Waals surface area contributed by atoms with Crippen LogP contribution in [0.5, 0.6) is 0 Å². The Morgan fingerprint density at radius 3 is 2.20 bits per heavy atom. The van der Waals surface area contributed by atoms with E-state index in [0.29, 0.717) is 0 Å². The maximum absolute atomic E-state index is 4.17. The lowest BCUT2D eigenvalue weighted by molar-refractivity contribution is 1.02. The molecule has 0 aliphatic heterocycles. The van der Waals surface area contributed by atoms with Crippen molar-refractivity contribution in [2.45, 2.75) is 20.3 Å². The van der Waals surface area contributed by atoms with Crippen molar-refractivity contribution in [1.82, 2.24) is 0 Å². The molecule has 0 radical (unpaired) electrons. The monoisotopic (exact) mass is 156 g/mol. The lowest BCUT2D eigenvalue weighted by atomic mass is 10.2. The van der Waals surface area contributed by atoms with Gasteiger partial charge in [0, 0.05) is 0 Å². The van der Waals surface area contributed by atoms with Gasteiger partial charge in [0.1, 0.15) is 0 Å². The van der Waals surface area contributed by atoms with Crippen LogP contribution in [0.2, 0.25) is 0 Å². The van der Waals surface area contributed by atoms with Crippen LogP contribution in [-0.4, -0.2) is 0 Å². The Hall–Kier alpha value is -0.430. The highest BCUT2D eigenvalue weighted by Crippen LogP contribution is 2.13. The molecule has 1 aliphatic carbocycles. The van der Waals surface area contributed by atoms with Crippen molar-refractivity contribution in [3.05, 3.63) is 36.3 Å². The summed E-state index contributed by atoms with van der Waals surface area (Å²) in [5.74, 6) is 0. The molecule has 1 rings (SSSR count). The molecule has 0 saturated carbocycles. The van der Waals surface area contributed by atoms with E-state index in [2.05, 4.69) is 31.9 Å². The first-order valence-corrected chi connectivity index (χ1v) is 3.39. The number of allylic oxidation sites excluding steroid dienone is 4. The number of rotatable bonds is 0. The van der Waals surface area contributed by atoms with Gasteiger partial charge in [-0.3, -0.25) is 0 Å². The van der Waals surface area contributed by atoms with Gasteiger partial charge in [-0.2, -0.15) is 0 Å². The van der Waals surface area contributed by atoms with Crippen LogP contribution >= 0.6 is 12.6 Å². The Bertz CT molecular complexity index is 123. The molecule has 0 unspecified atom stereocenters. The minimum atomic E-state index is 0. The van der Waals surface area contributed by atoms with Crippen LogP contribution in [0.3, 0.4) is 0 Å². The zero-order valence-corrected chi connectivity index (χ0v) is 6.40. The number of hydrogen-bond acceptors (Lipinski definition) is 1. The summed E-state index contributed by atoms with van der Waals surface area (Å²) in [6.07, 6.45) is 8.52. The van der Waals surface area contributed by atoms with Crippen molar-refractivity contribution >= 4 is 12.6 Å². The van der Waals surface area contributed by atoms with Crippen LogP contribution < -0.4 is 0 Å². The molecule has 0 atom stereocenters. The summed E-state index contributed by atoms with van der Waals surface area (Å²) in [5.41, 5.74) is 0. The summed E-state index contributed by atoms with van der Waals surface area (Å²) in [6, 6.07) is 0. The normalized spacial score (nSPS) is 13.9. The average Bonchev–Trinajstić information content (AvgIpc) is 1.94. The minimum Gasteiger partial charge on any atom is -0.148 e. The molecule has 0 aromatic carbocycles. The van der Waals surface area contributed by atoms with Crippen molar-refractivity contribution in [3.63, 3.8) is 0 Å². The Morgan fingerprint density at radius 2 is 2.00 bits per heavy atom. The molecular weight excluding hydrogens is 140 g/mol. The molecule has 58 valence electrons. The fourth-order valence-corrected chi connectivity index (χ4v) is 0.805. The van der Waals surface area contributed by atoms with Gasteiger partial charge < -0.3 is 0 Å². The minimum absolute atomic E-state index is 0. The van der Waals surface area contributed by atoms with Gasteiger partial charge in [-0.15, -0.1) is 25.8 Å². The predicted molar refractivity (Wildman–Crippen MR) is 53.4 cm³/mol. The van der Waals surface area contributed by atoms with Crippen molar-refractivity contribution in [1.29, 1.82) is 0 Å². The largest absolute Gasteiger partial charge is 0.148 e. The van der Waals surface area contributed by atoms with Gasteiger partial charge in [0.2, 0.25) is 0 Å². The molecule has 0 amide bonds. The zero-order valence-electron chi connectivity index (χ0n) is 5.51. The Labute approximate surface area is 69.8 Å². The van der Waals surface area contributed by atoms with Crippen molar-refractivity contribution in [2.24, 2.45) is 0 Å². The van der Waals surface area contributed by atoms with E-state index >= 15 is 0 Å². The van der Waals surface area contributed by atoms with Gasteiger partial charge in [-0.05, 0) is 17.7 Å². The third-order valence-corrected chi connectivity index (χ3v) is 1.36. The molecule has 0 aromatic rings. The first-order chi connectivity index (χ1) is 4.39. The third kappa shape index (κ3) is 5.70. The second-order valence-electron chi connectivity index (χ2n) is 1.62. The SMILES string of the molecule is C.C=C.SC1=CC=CCC1. The van der Waals surface area contributed by atoms with E-state index in [1.807, 2.05) is 12.2 Å². The van der Waals surface area contributed by atoms with E-state index in [0.717, 1.165) is 12.8 Å². The van der Waals surface area contributed by atoms with Crippen molar-refractivity contribution in [3.8, 4) is 0 Å². The van der Waals surface area contributed by atoms with E-state index in [9.17, 15) is 0 Å². The van der Waals surface area contributed by atoms with Crippen LogP contribution in [-0.2, 0) is 0 Å². The summed E-state index contributed by atoms with van der Waals surface area (Å²) in [5, 5.41) is 0. The fraction of sp³-hybridized carbons (Fsp3) is 0.333.